The summed E-state index contributed by atoms with van der Waals surface area (Å²) in [5.41, 5.74) is 0. The lowest BCUT2D eigenvalue weighted by atomic mass is 9.93. The van der Waals surface area contributed by atoms with Crippen LogP contribution in [0.25, 0.3) is 0 Å². The first-order valence-electron chi connectivity index (χ1n) is 7.06. The molecule has 0 spiro atoms. The summed E-state index contributed by atoms with van der Waals surface area (Å²) in [5.74, 6) is 2.91. The Morgan fingerprint density at radius 1 is 1.06 bits per heavy atom. The third-order valence-corrected chi connectivity index (χ3v) is 4.64. The van der Waals surface area contributed by atoms with Crippen molar-refractivity contribution in [3.63, 3.8) is 0 Å². The number of hydrogen-bond donors (Lipinski definition) is 0. The SMILES string of the molecule is CC(C)C1CCC(CN2CCN(C)CC2)C1. The van der Waals surface area contributed by atoms with Crippen molar-refractivity contribution in [1.82, 2.24) is 9.80 Å². The molecule has 1 aliphatic carbocycles. The minimum Gasteiger partial charge on any atom is -0.304 e. The number of piperazine rings is 1. The van der Waals surface area contributed by atoms with Crippen LogP contribution in [-0.4, -0.2) is 49.6 Å². The quantitative estimate of drug-likeness (QED) is 0.726. The van der Waals surface area contributed by atoms with Gasteiger partial charge in [0.1, 0.15) is 0 Å². The van der Waals surface area contributed by atoms with Crippen LogP contribution in [0.3, 0.4) is 0 Å². The average molecular weight is 224 g/mol. The highest BCUT2D eigenvalue weighted by molar-refractivity contribution is 4.81. The van der Waals surface area contributed by atoms with E-state index in [4.69, 9.17) is 0 Å². The molecule has 0 bridgehead atoms. The first kappa shape index (κ1) is 12.4. The van der Waals surface area contributed by atoms with E-state index >= 15 is 0 Å². The molecule has 16 heavy (non-hydrogen) atoms. The summed E-state index contributed by atoms with van der Waals surface area (Å²) >= 11 is 0. The third kappa shape index (κ3) is 3.21. The largest absolute Gasteiger partial charge is 0.304 e. The molecule has 2 atom stereocenters. The smallest absolute Gasteiger partial charge is 0.0110 e. The fraction of sp³-hybridized carbons (Fsp3) is 1.00. The van der Waals surface area contributed by atoms with Crippen LogP contribution in [0.5, 0.6) is 0 Å². The van der Waals surface area contributed by atoms with Crippen LogP contribution < -0.4 is 0 Å². The molecule has 2 fully saturated rings. The van der Waals surface area contributed by atoms with Crippen molar-refractivity contribution in [2.24, 2.45) is 17.8 Å². The van der Waals surface area contributed by atoms with Gasteiger partial charge in [-0.1, -0.05) is 13.8 Å². The molecule has 1 saturated heterocycles. The van der Waals surface area contributed by atoms with E-state index in [-0.39, 0.29) is 0 Å². The molecule has 0 aromatic rings. The fourth-order valence-electron chi connectivity index (χ4n) is 3.28. The van der Waals surface area contributed by atoms with Crippen LogP contribution in [0, 0.1) is 17.8 Å². The molecular weight excluding hydrogens is 196 g/mol. The minimum absolute atomic E-state index is 0.900. The zero-order valence-corrected chi connectivity index (χ0v) is 11.3. The molecule has 2 unspecified atom stereocenters. The second kappa shape index (κ2) is 5.50. The number of rotatable bonds is 3. The average Bonchev–Trinajstić information content (AvgIpc) is 2.70. The molecule has 0 aromatic carbocycles. The van der Waals surface area contributed by atoms with Crippen LogP contribution in [0.15, 0.2) is 0 Å². The van der Waals surface area contributed by atoms with Crippen molar-refractivity contribution in [3.8, 4) is 0 Å². The predicted molar refractivity (Wildman–Crippen MR) is 69.6 cm³/mol. The Morgan fingerprint density at radius 3 is 2.31 bits per heavy atom. The molecule has 2 heteroatoms. The minimum atomic E-state index is 0.900. The Balaban J connectivity index is 1.71. The van der Waals surface area contributed by atoms with Gasteiger partial charge >= 0.3 is 0 Å². The molecule has 2 aliphatic rings. The van der Waals surface area contributed by atoms with E-state index in [0.717, 1.165) is 17.8 Å². The Morgan fingerprint density at radius 2 is 1.75 bits per heavy atom. The van der Waals surface area contributed by atoms with Gasteiger partial charge in [-0.25, -0.2) is 0 Å². The van der Waals surface area contributed by atoms with Crippen molar-refractivity contribution in [2.75, 3.05) is 39.8 Å². The van der Waals surface area contributed by atoms with Crippen molar-refractivity contribution < 1.29 is 0 Å². The first-order chi connectivity index (χ1) is 7.65. The predicted octanol–water partition coefficient (Wildman–Crippen LogP) is 2.31. The highest BCUT2D eigenvalue weighted by atomic mass is 15.2. The van der Waals surface area contributed by atoms with Gasteiger partial charge < -0.3 is 9.80 Å². The Bertz CT molecular complexity index is 207. The van der Waals surface area contributed by atoms with Gasteiger partial charge in [0.2, 0.25) is 0 Å². The van der Waals surface area contributed by atoms with Crippen LogP contribution in [-0.2, 0) is 0 Å². The topological polar surface area (TPSA) is 6.48 Å². The molecule has 1 aliphatic heterocycles. The molecule has 94 valence electrons. The summed E-state index contributed by atoms with van der Waals surface area (Å²) in [6, 6.07) is 0. The van der Waals surface area contributed by atoms with E-state index in [1.165, 1.54) is 52.0 Å². The van der Waals surface area contributed by atoms with E-state index in [0.29, 0.717) is 0 Å². The van der Waals surface area contributed by atoms with Crippen molar-refractivity contribution in [3.05, 3.63) is 0 Å². The van der Waals surface area contributed by atoms with Gasteiger partial charge in [-0.05, 0) is 44.1 Å². The molecule has 1 saturated carbocycles. The van der Waals surface area contributed by atoms with E-state index in [2.05, 4.69) is 30.7 Å². The van der Waals surface area contributed by atoms with E-state index < -0.39 is 0 Å². The van der Waals surface area contributed by atoms with Crippen molar-refractivity contribution in [1.29, 1.82) is 0 Å². The Labute approximate surface area is 101 Å². The molecule has 0 N–H and O–H groups in total. The van der Waals surface area contributed by atoms with E-state index in [1.54, 1.807) is 0 Å². The summed E-state index contributed by atoms with van der Waals surface area (Å²) < 4.78 is 0. The maximum Gasteiger partial charge on any atom is 0.0110 e. The zero-order valence-electron chi connectivity index (χ0n) is 11.3. The summed E-state index contributed by atoms with van der Waals surface area (Å²) in [4.78, 5) is 5.13. The molecule has 1 heterocycles. The highest BCUT2D eigenvalue weighted by Gasteiger charge is 2.28. The van der Waals surface area contributed by atoms with Gasteiger partial charge in [-0.2, -0.15) is 0 Å². The van der Waals surface area contributed by atoms with Gasteiger partial charge in [0.15, 0.2) is 0 Å². The summed E-state index contributed by atoms with van der Waals surface area (Å²) in [5, 5.41) is 0. The van der Waals surface area contributed by atoms with Gasteiger partial charge in [-0.3, -0.25) is 0 Å². The first-order valence-corrected chi connectivity index (χ1v) is 7.06. The van der Waals surface area contributed by atoms with Gasteiger partial charge in [0, 0.05) is 32.7 Å². The van der Waals surface area contributed by atoms with Crippen LogP contribution in [0.4, 0.5) is 0 Å². The lowest BCUT2D eigenvalue weighted by molar-refractivity contribution is 0.135. The third-order valence-electron chi connectivity index (χ3n) is 4.64. The summed E-state index contributed by atoms with van der Waals surface area (Å²) in [7, 11) is 2.24. The normalized spacial score (nSPS) is 33.8. The molecular formula is C14H28N2. The number of likely N-dealkylation sites (N-methyl/N-ethyl adjacent to an activating group) is 1. The maximum absolute atomic E-state index is 2.69. The zero-order chi connectivity index (χ0) is 11.5. The fourth-order valence-corrected chi connectivity index (χ4v) is 3.28. The molecule has 0 aromatic heterocycles. The molecule has 0 radical (unpaired) electrons. The van der Waals surface area contributed by atoms with Crippen molar-refractivity contribution in [2.45, 2.75) is 33.1 Å². The second-order valence-corrected chi connectivity index (χ2v) is 6.29. The Hall–Kier alpha value is -0.0800. The molecule has 2 nitrogen and oxygen atoms in total. The summed E-state index contributed by atoms with van der Waals surface area (Å²) in [6.07, 6.45) is 4.45. The number of hydrogen-bond acceptors (Lipinski definition) is 2. The molecule has 2 rings (SSSR count). The van der Waals surface area contributed by atoms with E-state index in [1.807, 2.05) is 0 Å². The van der Waals surface area contributed by atoms with Gasteiger partial charge in [-0.15, -0.1) is 0 Å². The molecule has 0 amide bonds. The highest BCUT2D eigenvalue weighted by Crippen LogP contribution is 2.35. The van der Waals surface area contributed by atoms with Crippen LogP contribution in [0.2, 0.25) is 0 Å². The Kier molecular flexibility index (Phi) is 4.26. The number of nitrogens with zero attached hydrogens (tertiary/aromatic N) is 2. The van der Waals surface area contributed by atoms with Crippen molar-refractivity contribution >= 4 is 0 Å². The standard InChI is InChI=1S/C14H28N2/c1-12(2)14-5-4-13(10-14)11-16-8-6-15(3)7-9-16/h12-14H,4-11H2,1-3H3. The van der Waals surface area contributed by atoms with Gasteiger partial charge in [0.25, 0.3) is 0 Å². The lowest BCUT2D eigenvalue weighted by Gasteiger charge is -2.34. The summed E-state index contributed by atoms with van der Waals surface area (Å²) in [6.45, 7) is 11.3. The van der Waals surface area contributed by atoms with Crippen LogP contribution >= 0.6 is 0 Å². The van der Waals surface area contributed by atoms with E-state index in [9.17, 15) is 0 Å². The monoisotopic (exact) mass is 224 g/mol. The second-order valence-electron chi connectivity index (χ2n) is 6.29. The maximum atomic E-state index is 2.69. The van der Waals surface area contributed by atoms with Crippen LogP contribution in [0.1, 0.15) is 33.1 Å². The lowest BCUT2D eigenvalue weighted by Crippen LogP contribution is -2.45. The van der Waals surface area contributed by atoms with Gasteiger partial charge in [0.05, 0.1) is 0 Å².